The molecule has 1 aromatic rings. The largest absolute Gasteiger partial charge is 0.264 e. The van der Waals surface area contributed by atoms with Gasteiger partial charge in [0, 0.05) is 15.2 Å². The van der Waals surface area contributed by atoms with Gasteiger partial charge >= 0.3 is 0 Å². The van der Waals surface area contributed by atoms with Crippen molar-refractivity contribution < 1.29 is 8.42 Å². The molecule has 0 spiro atoms. The average Bonchev–Trinajstić information content (AvgIpc) is 2.54. The molecular formula is C10H14BrClN2O2S. The Labute approximate surface area is 114 Å². The third-order valence-electron chi connectivity index (χ3n) is 2.31. The monoisotopic (exact) mass is 340 g/mol. The van der Waals surface area contributed by atoms with Crippen molar-refractivity contribution in [2.24, 2.45) is 0 Å². The molecule has 0 aliphatic heterocycles. The molecule has 0 atom stereocenters. The maximum atomic E-state index is 11.6. The van der Waals surface area contributed by atoms with Crippen molar-refractivity contribution in [1.29, 1.82) is 0 Å². The van der Waals surface area contributed by atoms with Crippen LogP contribution in [0.1, 0.15) is 25.2 Å². The highest BCUT2D eigenvalue weighted by atomic mass is 79.9. The smallest absolute Gasteiger partial charge is 0.263 e. The van der Waals surface area contributed by atoms with E-state index in [2.05, 4.69) is 27.6 Å². The lowest BCUT2D eigenvalue weighted by Gasteiger charge is -2.05. The lowest BCUT2D eigenvalue weighted by atomic mass is 10.2. The molecule has 0 saturated carbocycles. The van der Waals surface area contributed by atoms with Gasteiger partial charge in [-0.1, -0.05) is 36.4 Å². The number of nitrogens with zero attached hydrogens (tertiary/aromatic N) is 2. The van der Waals surface area contributed by atoms with Gasteiger partial charge in [-0.3, -0.25) is 4.68 Å². The van der Waals surface area contributed by atoms with Crippen LogP contribution in [0.15, 0.2) is 16.0 Å². The van der Waals surface area contributed by atoms with Gasteiger partial charge in [0.2, 0.25) is 0 Å². The van der Waals surface area contributed by atoms with Crippen molar-refractivity contribution in [2.75, 3.05) is 0 Å². The molecule has 17 heavy (non-hydrogen) atoms. The summed E-state index contributed by atoms with van der Waals surface area (Å²) in [5, 5.41) is 4.27. The van der Waals surface area contributed by atoms with Crippen molar-refractivity contribution in [1.82, 2.24) is 9.78 Å². The van der Waals surface area contributed by atoms with Crippen molar-refractivity contribution in [2.45, 2.75) is 38.1 Å². The number of hydrogen-bond donors (Lipinski definition) is 0. The summed E-state index contributed by atoms with van der Waals surface area (Å²) in [6, 6.07) is 0. The summed E-state index contributed by atoms with van der Waals surface area (Å²) >= 11 is 3.24. The Balaban J connectivity index is 3.46. The molecule has 0 aliphatic rings. The average molecular weight is 342 g/mol. The number of allylic oxidation sites excluding steroid dienone is 1. The highest BCUT2D eigenvalue weighted by Crippen LogP contribution is 2.26. The Morgan fingerprint density at radius 1 is 1.47 bits per heavy atom. The summed E-state index contributed by atoms with van der Waals surface area (Å²) in [7, 11) is 1.70. The molecule has 1 heterocycles. The third kappa shape index (κ3) is 3.33. The highest BCUT2D eigenvalue weighted by molar-refractivity contribution is 9.11. The highest BCUT2D eigenvalue weighted by Gasteiger charge is 2.25. The van der Waals surface area contributed by atoms with E-state index in [0.29, 0.717) is 30.8 Å². The Morgan fingerprint density at radius 3 is 2.41 bits per heavy atom. The summed E-state index contributed by atoms with van der Waals surface area (Å²) in [6.45, 7) is 7.88. The van der Waals surface area contributed by atoms with Crippen LogP contribution in [0.25, 0.3) is 0 Å². The summed E-state index contributed by atoms with van der Waals surface area (Å²) < 4.78 is 25.5. The number of hydrogen-bond acceptors (Lipinski definition) is 3. The Hall–Kier alpha value is -0.330. The summed E-state index contributed by atoms with van der Waals surface area (Å²) in [6.07, 6.45) is 1.07. The van der Waals surface area contributed by atoms with Crippen LogP contribution in [-0.4, -0.2) is 18.2 Å². The van der Waals surface area contributed by atoms with Crippen LogP contribution >= 0.6 is 26.6 Å². The predicted molar refractivity (Wildman–Crippen MR) is 72.1 cm³/mol. The fraction of sp³-hybridized carbons (Fsp3) is 0.500. The molecule has 0 saturated heterocycles. The Kier molecular flexibility index (Phi) is 4.80. The molecule has 0 aromatic carbocycles. The fourth-order valence-electron chi connectivity index (χ4n) is 1.68. The SMILES string of the molecule is C=C(Br)Cn1nc(CC)c(S(=O)(=O)Cl)c1CC. The molecule has 1 aromatic heterocycles. The summed E-state index contributed by atoms with van der Waals surface area (Å²) in [5.41, 5.74) is 1.13. The zero-order valence-corrected chi connectivity index (χ0v) is 12.9. The third-order valence-corrected chi connectivity index (χ3v) is 3.98. The fourth-order valence-corrected chi connectivity index (χ4v) is 3.45. The second-order valence-corrected chi connectivity index (χ2v) is 7.17. The summed E-state index contributed by atoms with van der Waals surface area (Å²) in [4.78, 5) is 0.151. The Bertz CT molecular complexity index is 537. The molecule has 0 unspecified atom stereocenters. The molecule has 0 bridgehead atoms. The van der Waals surface area contributed by atoms with Crippen molar-refractivity contribution in [3.63, 3.8) is 0 Å². The number of rotatable bonds is 5. The molecule has 0 aliphatic carbocycles. The minimum Gasteiger partial charge on any atom is -0.263 e. The quantitative estimate of drug-likeness (QED) is 0.774. The first-order chi connectivity index (χ1) is 7.81. The lowest BCUT2D eigenvalue weighted by Crippen LogP contribution is -2.06. The summed E-state index contributed by atoms with van der Waals surface area (Å²) in [5.74, 6) is 0. The first-order valence-electron chi connectivity index (χ1n) is 5.17. The maximum absolute atomic E-state index is 11.6. The van der Waals surface area contributed by atoms with Gasteiger partial charge in [-0.2, -0.15) is 5.10 Å². The second kappa shape index (κ2) is 5.54. The van der Waals surface area contributed by atoms with Crippen molar-refractivity contribution in [3.05, 3.63) is 22.4 Å². The Morgan fingerprint density at radius 2 is 2.06 bits per heavy atom. The van der Waals surface area contributed by atoms with Crippen LogP contribution in [0.4, 0.5) is 0 Å². The normalized spacial score (nSPS) is 11.8. The first kappa shape index (κ1) is 14.7. The van der Waals surface area contributed by atoms with Crippen LogP contribution in [0, 0.1) is 0 Å². The van der Waals surface area contributed by atoms with Crippen LogP contribution in [0.5, 0.6) is 0 Å². The number of aromatic nitrogens is 2. The van der Waals surface area contributed by atoms with E-state index < -0.39 is 9.05 Å². The predicted octanol–water partition coefficient (Wildman–Crippen LogP) is 2.84. The zero-order valence-electron chi connectivity index (χ0n) is 9.70. The molecule has 0 N–H and O–H groups in total. The second-order valence-electron chi connectivity index (χ2n) is 3.54. The molecular weight excluding hydrogens is 328 g/mol. The van der Waals surface area contributed by atoms with E-state index in [9.17, 15) is 8.42 Å². The minimum absolute atomic E-state index is 0.151. The van der Waals surface area contributed by atoms with Crippen LogP contribution in [0.2, 0.25) is 0 Å². The molecule has 96 valence electrons. The standard InChI is InChI=1S/C10H14BrClN2O2S/c1-4-8-10(17(12,15)16)9(5-2)14(13-8)6-7(3)11/h3-6H2,1-2H3. The van der Waals surface area contributed by atoms with E-state index in [0.717, 1.165) is 4.48 Å². The van der Waals surface area contributed by atoms with Gasteiger partial charge in [0.05, 0.1) is 17.9 Å². The van der Waals surface area contributed by atoms with E-state index in [1.807, 2.05) is 13.8 Å². The lowest BCUT2D eigenvalue weighted by molar-refractivity contribution is 0.606. The van der Waals surface area contributed by atoms with Gasteiger partial charge < -0.3 is 0 Å². The molecule has 0 fully saturated rings. The zero-order chi connectivity index (χ0) is 13.2. The van der Waals surface area contributed by atoms with Crippen LogP contribution < -0.4 is 0 Å². The van der Waals surface area contributed by atoms with E-state index in [1.54, 1.807) is 4.68 Å². The number of aryl methyl sites for hydroxylation is 1. The van der Waals surface area contributed by atoms with E-state index >= 15 is 0 Å². The topological polar surface area (TPSA) is 52.0 Å². The van der Waals surface area contributed by atoms with E-state index in [-0.39, 0.29) is 4.90 Å². The first-order valence-corrected chi connectivity index (χ1v) is 8.27. The van der Waals surface area contributed by atoms with Crippen LogP contribution in [-0.2, 0) is 28.4 Å². The van der Waals surface area contributed by atoms with Gasteiger partial charge in [-0.15, -0.1) is 0 Å². The number of halogens is 2. The molecule has 4 nitrogen and oxygen atoms in total. The molecule has 7 heteroatoms. The molecule has 0 radical (unpaired) electrons. The van der Waals surface area contributed by atoms with Gasteiger partial charge in [0.15, 0.2) is 0 Å². The van der Waals surface area contributed by atoms with Crippen molar-refractivity contribution in [3.8, 4) is 0 Å². The van der Waals surface area contributed by atoms with Gasteiger partial charge in [-0.25, -0.2) is 8.42 Å². The maximum Gasteiger partial charge on any atom is 0.264 e. The van der Waals surface area contributed by atoms with Gasteiger partial charge in [0.1, 0.15) is 4.90 Å². The van der Waals surface area contributed by atoms with Gasteiger partial charge in [-0.05, 0) is 12.8 Å². The van der Waals surface area contributed by atoms with E-state index in [4.69, 9.17) is 10.7 Å². The minimum atomic E-state index is -3.76. The van der Waals surface area contributed by atoms with Crippen molar-refractivity contribution >= 4 is 35.7 Å². The van der Waals surface area contributed by atoms with E-state index in [1.165, 1.54) is 0 Å². The molecule has 1 rings (SSSR count). The molecule has 0 amide bonds. The van der Waals surface area contributed by atoms with Gasteiger partial charge in [0.25, 0.3) is 9.05 Å². The van der Waals surface area contributed by atoms with Crippen LogP contribution in [0.3, 0.4) is 0 Å².